The van der Waals surface area contributed by atoms with Crippen molar-refractivity contribution in [2.24, 2.45) is 0 Å². The molecule has 0 aromatic rings. The summed E-state index contributed by atoms with van der Waals surface area (Å²) in [5, 5.41) is 17.6. The highest BCUT2D eigenvalue weighted by molar-refractivity contribution is 6.38. The quantitative estimate of drug-likeness (QED) is 0.275. The Labute approximate surface area is 67.4 Å². The zero-order chi connectivity index (χ0) is 8.85. The minimum absolute atomic E-state index is 0.223. The number of carbonyl (C=O) groups excluding carboxylic acids is 1. The van der Waals surface area contributed by atoms with Crippen LogP contribution in [-0.2, 0) is 9.59 Å². The highest BCUT2D eigenvalue weighted by atomic mass is 35.5. The SMILES string of the molecule is O=C(O)C(=O)C=CC(Cl)=C[O-]. The molecule has 0 aromatic carbocycles. The molecular weight excluding hydrogens is 172 g/mol. The summed E-state index contributed by atoms with van der Waals surface area (Å²) in [6.45, 7) is 0. The summed E-state index contributed by atoms with van der Waals surface area (Å²) in [5.41, 5.74) is 0. The lowest BCUT2D eigenvalue weighted by atomic mass is 10.3. The van der Waals surface area contributed by atoms with Gasteiger partial charge in [0, 0.05) is 5.03 Å². The maximum atomic E-state index is 10.3. The van der Waals surface area contributed by atoms with Crippen LogP contribution < -0.4 is 5.11 Å². The highest BCUT2D eigenvalue weighted by Gasteiger charge is 2.04. The van der Waals surface area contributed by atoms with Crippen molar-refractivity contribution in [3.8, 4) is 0 Å². The number of hydrogen-bond acceptors (Lipinski definition) is 3. The third kappa shape index (κ3) is 4.16. The fourth-order valence-electron chi connectivity index (χ4n) is 0.266. The molecule has 0 unspecified atom stereocenters. The van der Waals surface area contributed by atoms with E-state index in [4.69, 9.17) is 16.7 Å². The van der Waals surface area contributed by atoms with Gasteiger partial charge in [-0.2, -0.15) is 0 Å². The normalized spacial score (nSPS) is 11.9. The average Bonchev–Trinajstić information content (AvgIpc) is 1.99. The van der Waals surface area contributed by atoms with E-state index in [1.165, 1.54) is 0 Å². The van der Waals surface area contributed by atoms with E-state index in [0.717, 1.165) is 6.08 Å². The van der Waals surface area contributed by atoms with Gasteiger partial charge in [-0.05, 0) is 12.2 Å². The van der Waals surface area contributed by atoms with E-state index in [1.807, 2.05) is 0 Å². The van der Waals surface area contributed by atoms with Crippen LogP contribution >= 0.6 is 11.6 Å². The van der Waals surface area contributed by atoms with Gasteiger partial charge in [-0.25, -0.2) is 4.79 Å². The van der Waals surface area contributed by atoms with E-state index < -0.39 is 11.8 Å². The van der Waals surface area contributed by atoms with Gasteiger partial charge in [-0.3, -0.25) is 4.79 Å². The number of hydrogen-bond donors (Lipinski definition) is 1. The van der Waals surface area contributed by atoms with Crippen molar-refractivity contribution >= 4 is 23.4 Å². The van der Waals surface area contributed by atoms with Crippen LogP contribution in [0.15, 0.2) is 23.4 Å². The zero-order valence-corrected chi connectivity index (χ0v) is 6.04. The second-order valence-corrected chi connectivity index (χ2v) is 1.94. The van der Waals surface area contributed by atoms with Crippen molar-refractivity contribution < 1.29 is 19.8 Å². The Morgan fingerprint density at radius 3 is 2.27 bits per heavy atom. The molecule has 0 aromatic heterocycles. The first-order chi connectivity index (χ1) is 5.07. The molecule has 0 amide bonds. The monoisotopic (exact) mass is 175 g/mol. The number of rotatable bonds is 3. The van der Waals surface area contributed by atoms with Gasteiger partial charge in [-0.15, -0.1) is 6.26 Å². The van der Waals surface area contributed by atoms with Crippen LogP contribution in [0.1, 0.15) is 0 Å². The summed E-state index contributed by atoms with van der Waals surface area (Å²) < 4.78 is 0. The lowest BCUT2D eigenvalue weighted by Gasteiger charge is -1.90. The van der Waals surface area contributed by atoms with E-state index in [1.54, 1.807) is 0 Å². The van der Waals surface area contributed by atoms with Gasteiger partial charge in [0.15, 0.2) is 0 Å². The Hall–Kier alpha value is -1.29. The lowest BCUT2D eigenvalue weighted by Crippen LogP contribution is -2.08. The number of carboxylic acid groups (broad SMARTS) is 1. The summed E-state index contributed by atoms with van der Waals surface area (Å²) in [6, 6.07) is 0. The Balaban J connectivity index is 4.15. The van der Waals surface area contributed by atoms with Crippen molar-refractivity contribution in [2.45, 2.75) is 0 Å². The summed E-state index contributed by atoms with van der Waals surface area (Å²) >= 11 is 5.13. The largest absolute Gasteiger partial charge is 0.877 e. The Morgan fingerprint density at radius 2 is 1.91 bits per heavy atom. The molecule has 0 rings (SSSR count). The summed E-state index contributed by atoms with van der Waals surface area (Å²) in [7, 11) is 0. The Morgan fingerprint density at radius 1 is 1.36 bits per heavy atom. The number of aliphatic carboxylic acids is 1. The van der Waals surface area contributed by atoms with Gasteiger partial charge in [0.25, 0.3) is 5.78 Å². The molecule has 0 aliphatic rings. The zero-order valence-electron chi connectivity index (χ0n) is 5.28. The van der Waals surface area contributed by atoms with Crippen LogP contribution in [0.25, 0.3) is 0 Å². The molecule has 0 saturated carbocycles. The molecule has 0 spiro atoms. The third-order valence-electron chi connectivity index (χ3n) is 0.717. The molecule has 5 heteroatoms. The molecule has 1 N–H and O–H groups in total. The van der Waals surface area contributed by atoms with Crippen molar-refractivity contribution in [1.82, 2.24) is 0 Å². The topological polar surface area (TPSA) is 77.4 Å². The van der Waals surface area contributed by atoms with Crippen molar-refractivity contribution in [1.29, 1.82) is 0 Å². The molecule has 0 saturated heterocycles. The predicted molar refractivity (Wildman–Crippen MR) is 35.7 cm³/mol. The van der Waals surface area contributed by atoms with E-state index in [-0.39, 0.29) is 5.03 Å². The molecule has 4 nitrogen and oxygen atoms in total. The summed E-state index contributed by atoms with van der Waals surface area (Å²) in [6.07, 6.45) is 1.93. The van der Waals surface area contributed by atoms with Crippen LogP contribution in [0.5, 0.6) is 0 Å². The maximum absolute atomic E-state index is 10.3. The fourth-order valence-corrected chi connectivity index (χ4v) is 0.329. The van der Waals surface area contributed by atoms with Gasteiger partial charge < -0.3 is 10.2 Å². The highest BCUT2D eigenvalue weighted by Crippen LogP contribution is 1.99. The number of ketones is 1. The molecular formula is C6H4ClO4-. The van der Waals surface area contributed by atoms with Crippen LogP contribution in [0.3, 0.4) is 0 Å². The third-order valence-corrected chi connectivity index (χ3v) is 0.932. The van der Waals surface area contributed by atoms with Gasteiger partial charge in [-0.1, -0.05) is 11.6 Å². The smallest absolute Gasteiger partial charge is 0.376 e. The fraction of sp³-hybridized carbons (Fsp3) is 0. The van der Waals surface area contributed by atoms with E-state index in [0.29, 0.717) is 12.3 Å². The molecule has 0 atom stereocenters. The minimum atomic E-state index is -1.59. The molecule has 0 bridgehead atoms. The first kappa shape index (κ1) is 9.71. The average molecular weight is 176 g/mol. The Kier molecular flexibility index (Phi) is 3.98. The van der Waals surface area contributed by atoms with Gasteiger partial charge in [0.05, 0.1) is 0 Å². The predicted octanol–water partition coefficient (Wildman–Crippen LogP) is -0.363. The van der Waals surface area contributed by atoms with Crippen molar-refractivity contribution in [3.05, 3.63) is 23.4 Å². The van der Waals surface area contributed by atoms with Crippen LogP contribution in [0.4, 0.5) is 0 Å². The molecule has 11 heavy (non-hydrogen) atoms. The van der Waals surface area contributed by atoms with Crippen LogP contribution in [0, 0.1) is 0 Å². The number of carboxylic acids is 1. The van der Waals surface area contributed by atoms with Gasteiger partial charge in [0.2, 0.25) is 0 Å². The number of carbonyl (C=O) groups is 2. The van der Waals surface area contributed by atoms with E-state index in [2.05, 4.69) is 0 Å². The maximum Gasteiger partial charge on any atom is 0.376 e. The molecule has 0 aliphatic carbocycles. The van der Waals surface area contributed by atoms with Crippen LogP contribution in [-0.4, -0.2) is 16.9 Å². The van der Waals surface area contributed by atoms with Crippen molar-refractivity contribution in [3.63, 3.8) is 0 Å². The molecule has 0 radical (unpaired) electrons. The van der Waals surface area contributed by atoms with Crippen LogP contribution in [0.2, 0.25) is 0 Å². The number of halogens is 1. The summed E-state index contributed by atoms with van der Waals surface area (Å²) in [5.74, 6) is -2.71. The molecule has 0 fully saturated rings. The van der Waals surface area contributed by atoms with E-state index in [9.17, 15) is 14.7 Å². The number of allylic oxidation sites excluding steroid dienone is 2. The first-order valence-corrected chi connectivity index (χ1v) is 2.88. The van der Waals surface area contributed by atoms with E-state index >= 15 is 0 Å². The molecule has 0 aliphatic heterocycles. The van der Waals surface area contributed by atoms with Gasteiger partial charge >= 0.3 is 5.97 Å². The Bertz CT molecular complexity index is 229. The second kappa shape index (κ2) is 4.51. The molecule has 60 valence electrons. The lowest BCUT2D eigenvalue weighted by molar-refractivity contribution is -0.275. The van der Waals surface area contributed by atoms with Crippen molar-refractivity contribution in [2.75, 3.05) is 0 Å². The van der Waals surface area contributed by atoms with Gasteiger partial charge in [0.1, 0.15) is 0 Å². The summed E-state index contributed by atoms with van der Waals surface area (Å²) in [4.78, 5) is 20.1. The second-order valence-electron chi connectivity index (χ2n) is 1.51. The standard InChI is InChI=1S/C6H5ClO4/c7-4(3-8)1-2-5(9)6(10)11/h1-3,8H,(H,10,11)/p-1. The molecule has 0 heterocycles. The minimum Gasteiger partial charge on any atom is -0.877 e. The first-order valence-electron chi connectivity index (χ1n) is 2.51.